The van der Waals surface area contributed by atoms with Gasteiger partial charge in [0.2, 0.25) is 6.41 Å². The normalized spacial score (nSPS) is 14.9. The Bertz CT molecular complexity index is 550. The first-order valence-electron chi connectivity index (χ1n) is 6.09. The molecule has 7 heteroatoms. The lowest BCUT2D eigenvalue weighted by atomic mass is 10.3. The van der Waals surface area contributed by atoms with Gasteiger partial charge >= 0.3 is 0 Å². The SMILES string of the molecule is Cc1cc2ncc(N3CCNCC3)nc2s1.NC=O. The van der Waals surface area contributed by atoms with E-state index in [4.69, 9.17) is 4.79 Å². The van der Waals surface area contributed by atoms with Gasteiger partial charge in [0.1, 0.15) is 16.2 Å². The number of aromatic nitrogens is 2. The summed E-state index contributed by atoms with van der Waals surface area (Å²) in [5.41, 5.74) is 5.18. The molecule has 1 saturated heterocycles. The molecule has 1 aliphatic heterocycles. The van der Waals surface area contributed by atoms with E-state index in [0.717, 1.165) is 42.3 Å². The van der Waals surface area contributed by atoms with Crippen LogP contribution in [0.2, 0.25) is 0 Å². The van der Waals surface area contributed by atoms with Crippen LogP contribution in [0.4, 0.5) is 5.82 Å². The van der Waals surface area contributed by atoms with Crippen LogP contribution in [0.5, 0.6) is 0 Å². The highest BCUT2D eigenvalue weighted by Gasteiger charge is 2.13. The van der Waals surface area contributed by atoms with Crippen molar-refractivity contribution in [1.82, 2.24) is 15.3 Å². The van der Waals surface area contributed by atoms with Crippen molar-refractivity contribution in [3.8, 4) is 0 Å². The molecule has 0 aliphatic carbocycles. The van der Waals surface area contributed by atoms with Crippen LogP contribution in [-0.4, -0.2) is 42.6 Å². The molecule has 1 amide bonds. The average Bonchev–Trinajstić information content (AvgIpc) is 2.79. The number of fused-ring (bicyclic) bond motifs is 1. The summed E-state index contributed by atoms with van der Waals surface area (Å²) in [5.74, 6) is 1.01. The Kier molecular flexibility index (Phi) is 4.64. The monoisotopic (exact) mass is 279 g/mol. The Balaban J connectivity index is 0.000000408. The van der Waals surface area contributed by atoms with E-state index in [1.165, 1.54) is 4.88 Å². The Labute approximate surface area is 115 Å². The van der Waals surface area contributed by atoms with Crippen LogP contribution in [0, 0.1) is 6.92 Å². The van der Waals surface area contributed by atoms with Crippen LogP contribution >= 0.6 is 11.3 Å². The van der Waals surface area contributed by atoms with Crippen LogP contribution in [0.1, 0.15) is 4.88 Å². The predicted octanol–water partition coefficient (Wildman–Crippen LogP) is 0.511. The summed E-state index contributed by atoms with van der Waals surface area (Å²) in [6, 6.07) is 2.09. The fourth-order valence-corrected chi connectivity index (χ4v) is 2.80. The van der Waals surface area contributed by atoms with E-state index in [1.54, 1.807) is 11.3 Å². The van der Waals surface area contributed by atoms with Crippen molar-refractivity contribution in [2.24, 2.45) is 5.73 Å². The highest BCUT2D eigenvalue weighted by molar-refractivity contribution is 7.18. The number of nitrogens with two attached hydrogens (primary N) is 1. The van der Waals surface area contributed by atoms with E-state index in [1.807, 2.05) is 6.20 Å². The van der Waals surface area contributed by atoms with Crippen molar-refractivity contribution in [3.05, 3.63) is 17.1 Å². The Morgan fingerprint density at radius 3 is 2.84 bits per heavy atom. The maximum absolute atomic E-state index is 8.58. The van der Waals surface area contributed by atoms with Gasteiger partial charge in [-0.1, -0.05) is 0 Å². The molecule has 0 radical (unpaired) electrons. The fraction of sp³-hybridized carbons (Fsp3) is 0.417. The van der Waals surface area contributed by atoms with Gasteiger partial charge in [-0.3, -0.25) is 4.79 Å². The number of carbonyl (C=O) groups excluding carboxylic acids is 1. The summed E-state index contributed by atoms with van der Waals surface area (Å²) in [5, 5.41) is 3.34. The Hall–Kier alpha value is -1.73. The second-order valence-electron chi connectivity index (χ2n) is 4.15. The van der Waals surface area contributed by atoms with E-state index in [9.17, 15) is 0 Å². The summed E-state index contributed by atoms with van der Waals surface area (Å²) in [6.07, 6.45) is 2.14. The lowest BCUT2D eigenvalue weighted by molar-refractivity contribution is -0.106. The van der Waals surface area contributed by atoms with E-state index >= 15 is 0 Å². The van der Waals surface area contributed by atoms with Crippen molar-refractivity contribution in [2.75, 3.05) is 31.1 Å². The Morgan fingerprint density at radius 1 is 1.47 bits per heavy atom. The maximum atomic E-state index is 8.58. The van der Waals surface area contributed by atoms with E-state index in [2.05, 4.69) is 38.9 Å². The number of hydrogen-bond acceptors (Lipinski definition) is 6. The number of primary amides is 1. The van der Waals surface area contributed by atoms with Crippen molar-refractivity contribution in [3.63, 3.8) is 0 Å². The number of piperazine rings is 1. The van der Waals surface area contributed by atoms with Crippen LogP contribution in [-0.2, 0) is 4.79 Å². The topological polar surface area (TPSA) is 84.1 Å². The standard InChI is InChI=1S/C11H14N4S.CH3NO/c1-8-6-9-11(16-8)14-10(7-13-9)15-4-2-12-3-5-15;2-1-3/h6-7,12H,2-5H2,1H3;1H,(H2,2,3). The molecule has 1 fully saturated rings. The highest BCUT2D eigenvalue weighted by atomic mass is 32.1. The van der Waals surface area contributed by atoms with E-state index in [-0.39, 0.29) is 6.41 Å². The van der Waals surface area contributed by atoms with Gasteiger partial charge < -0.3 is 16.0 Å². The van der Waals surface area contributed by atoms with Gasteiger partial charge in [-0.2, -0.15) is 0 Å². The zero-order valence-corrected chi connectivity index (χ0v) is 11.6. The average molecular weight is 279 g/mol. The number of thiophene rings is 1. The molecule has 0 spiro atoms. The molecule has 3 rings (SSSR count). The number of nitrogens with zero attached hydrogens (tertiary/aromatic N) is 3. The van der Waals surface area contributed by atoms with E-state index < -0.39 is 0 Å². The molecule has 102 valence electrons. The highest BCUT2D eigenvalue weighted by Crippen LogP contribution is 2.23. The molecule has 3 heterocycles. The second kappa shape index (κ2) is 6.44. The molecular formula is C12H17N5OS. The minimum atomic E-state index is 0.250. The van der Waals surface area contributed by atoms with Crippen molar-refractivity contribution in [2.45, 2.75) is 6.92 Å². The van der Waals surface area contributed by atoms with Gasteiger partial charge in [0.05, 0.1) is 6.20 Å². The first-order valence-corrected chi connectivity index (χ1v) is 6.90. The van der Waals surface area contributed by atoms with Crippen LogP contribution in [0.3, 0.4) is 0 Å². The van der Waals surface area contributed by atoms with Gasteiger partial charge in [-0.25, -0.2) is 9.97 Å². The second-order valence-corrected chi connectivity index (χ2v) is 5.38. The summed E-state index contributed by atoms with van der Waals surface area (Å²) in [6.45, 7) is 6.19. The predicted molar refractivity (Wildman–Crippen MR) is 77.5 cm³/mol. The fourth-order valence-electron chi connectivity index (χ4n) is 1.97. The van der Waals surface area contributed by atoms with Gasteiger partial charge in [-0.15, -0.1) is 11.3 Å². The zero-order valence-electron chi connectivity index (χ0n) is 10.8. The van der Waals surface area contributed by atoms with Crippen LogP contribution in [0.25, 0.3) is 10.3 Å². The Morgan fingerprint density at radius 2 is 2.16 bits per heavy atom. The molecule has 0 unspecified atom stereocenters. The van der Waals surface area contributed by atoms with Crippen molar-refractivity contribution in [1.29, 1.82) is 0 Å². The summed E-state index contributed by atoms with van der Waals surface area (Å²) in [4.78, 5) is 22.3. The lowest BCUT2D eigenvalue weighted by Gasteiger charge is -2.27. The molecule has 19 heavy (non-hydrogen) atoms. The first kappa shape index (κ1) is 13.7. The third kappa shape index (κ3) is 3.39. The lowest BCUT2D eigenvalue weighted by Crippen LogP contribution is -2.43. The van der Waals surface area contributed by atoms with Crippen LogP contribution < -0.4 is 16.0 Å². The number of rotatable bonds is 1. The molecule has 3 N–H and O–H groups in total. The van der Waals surface area contributed by atoms with E-state index in [0.29, 0.717) is 0 Å². The van der Waals surface area contributed by atoms with Crippen molar-refractivity contribution < 1.29 is 4.79 Å². The molecule has 0 bridgehead atoms. The summed E-state index contributed by atoms with van der Waals surface area (Å²) < 4.78 is 0. The van der Waals surface area contributed by atoms with Crippen molar-refractivity contribution >= 4 is 33.9 Å². The summed E-state index contributed by atoms with van der Waals surface area (Å²) >= 11 is 1.71. The molecule has 0 atom stereocenters. The molecule has 0 aromatic carbocycles. The first-order chi connectivity index (χ1) is 9.24. The minimum Gasteiger partial charge on any atom is -0.372 e. The molecule has 1 aliphatic rings. The third-order valence-electron chi connectivity index (χ3n) is 2.79. The number of anilines is 1. The molecule has 0 saturated carbocycles. The number of nitrogens with one attached hydrogen (secondary N) is 1. The molecule has 6 nitrogen and oxygen atoms in total. The maximum Gasteiger partial charge on any atom is 0.204 e. The quantitative estimate of drug-likeness (QED) is 0.743. The summed E-state index contributed by atoms with van der Waals surface area (Å²) in [7, 11) is 0. The molecular weight excluding hydrogens is 262 g/mol. The minimum absolute atomic E-state index is 0.250. The smallest absolute Gasteiger partial charge is 0.204 e. The largest absolute Gasteiger partial charge is 0.372 e. The van der Waals surface area contributed by atoms with Gasteiger partial charge in [-0.05, 0) is 13.0 Å². The number of hydrogen-bond donors (Lipinski definition) is 2. The number of amides is 1. The van der Waals surface area contributed by atoms with Gasteiger partial charge in [0.15, 0.2) is 0 Å². The van der Waals surface area contributed by atoms with Gasteiger partial charge in [0, 0.05) is 31.1 Å². The van der Waals surface area contributed by atoms with Crippen LogP contribution in [0.15, 0.2) is 12.3 Å². The number of aryl methyl sites for hydroxylation is 1. The molecule has 2 aromatic rings. The molecule has 2 aromatic heterocycles. The van der Waals surface area contributed by atoms with Gasteiger partial charge in [0.25, 0.3) is 0 Å². The zero-order chi connectivity index (χ0) is 13.7. The number of carbonyl (C=O) groups is 1. The third-order valence-corrected chi connectivity index (χ3v) is 3.73.